The molecule has 2 heterocycles. The minimum absolute atomic E-state index is 0.214. The van der Waals surface area contributed by atoms with E-state index in [9.17, 15) is 9.59 Å². The van der Waals surface area contributed by atoms with Crippen LogP contribution in [0.5, 0.6) is 0 Å². The first-order valence-electron chi connectivity index (χ1n) is 7.72. The van der Waals surface area contributed by atoms with Crippen LogP contribution in [0.4, 0.5) is 4.79 Å². The third kappa shape index (κ3) is 3.72. The van der Waals surface area contributed by atoms with E-state index in [4.69, 9.17) is 4.74 Å². The number of fused-ring (bicyclic) bond motifs is 1. The van der Waals surface area contributed by atoms with Crippen molar-refractivity contribution in [2.75, 3.05) is 6.61 Å². The van der Waals surface area contributed by atoms with Crippen molar-refractivity contribution >= 4 is 22.9 Å². The van der Waals surface area contributed by atoms with Crippen molar-refractivity contribution in [3.63, 3.8) is 0 Å². The molecule has 0 atom stereocenters. The fourth-order valence-electron chi connectivity index (χ4n) is 2.38. The van der Waals surface area contributed by atoms with Crippen LogP contribution < -0.4 is 10.9 Å². The highest BCUT2D eigenvalue weighted by atomic mass is 16.5. The lowest BCUT2D eigenvalue weighted by Gasteiger charge is -2.11. The Morgan fingerprint density at radius 3 is 2.60 bits per heavy atom. The number of carbonyl (C=O) groups excluding carboxylic acids is 2. The normalized spacial score (nSPS) is 10.3. The standard InChI is InChI=1S/C18H16N4O3/c1-2-25-18(24)22-21-17(23)14-11-16(12-7-9-19-10-8-12)20-15-6-4-3-5-13(14)15/h3-11H,2H2,1H3,(H,21,23)(H,22,24). The van der Waals surface area contributed by atoms with Gasteiger partial charge in [-0.05, 0) is 31.2 Å². The number of nitrogens with one attached hydrogen (secondary N) is 2. The number of carbonyl (C=O) groups is 2. The number of hydrogen-bond donors (Lipinski definition) is 2. The number of ether oxygens (including phenoxy) is 1. The summed E-state index contributed by atoms with van der Waals surface area (Å²) in [6.45, 7) is 1.89. The number of hydrogen-bond acceptors (Lipinski definition) is 5. The fourth-order valence-corrected chi connectivity index (χ4v) is 2.38. The number of rotatable bonds is 3. The van der Waals surface area contributed by atoms with E-state index in [0.29, 0.717) is 22.2 Å². The molecular formula is C18H16N4O3. The summed E-state index contributed by atoms with van der Waals surface area (Å²) in [4.78, 5) is 32.5. The zero-order valence-electron chi connectivity index (χ0n) is 13.5. The van der Waals surface area contributed by atoms with Gasteiger partial charge in [0.1, 0.15) is 0 Å². The molecule has 0 radical (unpaired) electrons. The first kappa shape index (κ1) is 16.4. The van der Waals surface area contributed by atoms with Crippen molar-refractivity contribution in [2.24, 2.45) is 0 Å². The molecule has 3 aromatic rings. The Morgan fingerprint density at radius 2 is 1.84 bits per heavy atom. The third-order valence-corrected chi connectivity index (χ3v) is 3.49. The summed E-state index contributed by atoms with van der Waals surface area (Å²) in [6, 6.07) is 12.6. The van der Waals surface area contributed by atoms with Crippen molar-refractivity contribution in [1.82, 2.24) is 20.8 Å². The molecule has 0 bridgehead atoms. The first-order chi connectivity index (χ1) is 12.2. The van der Waals surface area contributed by atoms with Crippen molar-refractivity contribution in [1.29, 1.82) is 0 Å². The quantitative estimate of drug-likeness (QED) is 0.717. The molecule has 0 unspecified atom stereocenters. The first-order valence-corrected chi connectivity index (χ1v) is 7.72. The Labute approximate surface area is 144 Å². The lowest BCUT2D eigenvalue weighted by Crippen LogP contribution is -2.42. The molecule has 0 fully saturated rings. The number of hydrazine groups is 1. The van der Waals surface area contributed by atoms with Gasteiger partial charge in [0.05, 0.1) is 23.4 Å². The van der Waals surface area contributed by atoms with Crippen LogP contribution in [-0.2, 0) is 4.74 Å². The molecule has 2 amide bonds. The van der Waals surface area contributed by atoms with E-state index in [-0.39, 0.29) is 6.61 Å². The highest BCUT2D eigenvalue weighted by Crippen LogP contribution is 2.24. The number of para-hydroxylation sites is 1. The zero-order chi connectivity index (χ0) is 17.6. The molecule has 2 N–H and O–H groups in total. The molecule has 126 valence electrons. The van der Waals surface area contributed by atoms with Crippen molar-refractivity contribution in [3.05, 3.63) is 60.4 Å². The molecule has 25 heavy (non-hydrogen) atoms. The van der Waals surface area contributed by atoms with Gasteiger partial charge in [0.15, 0.2) is 0 Å². The Bertz CT molecular complexity index is 913. The Balaban J connectivity index is 1.98. The monoisotopic (exact) mass is 336 g/mol. The van der Waals surface area contributed by atoms with E-state index in [1.54, 1.807) is 31.5 Å². The smallest absolute Gasteiger partial charge is 0.426 e. The minimum atomic E-state index is -0.719. The Kier molecular flexibility index (Phi) is 4.84. The second kappa shape index (κ2) is 7.39. The summed E-state index contributed by atoms with van der Waals surface area (Å²) in [5, 5.41) is 0.684. The van der Waals surface area contributed by atoms with E-state index in [1.807, 2.05) is 30.3 Å². The Morgan fingerprint density at radius 1 is 1.08 bits per heavy atom. The van der Waals surface area contributed by atoms with Crippen LogP contribution in [0.2, 0.25) is 0 Å². The summed E-state index contributed by atoms with van der Waals surface area (Å²) in [6.07, 6.45) is 2.60. The molecule has 3 rings (SSSR count). The second-order valence-corrected chi connectivity index (χ2v) is 5.11. The summed E-state index contributed by atoms with van der Waals surface area (Å²) < 4.78 is 4.72. The molecule has 0 aliphatic carbocycles. The number of pyridine rings is 2. The molecule has 7 nitrogen and oxygen atoms in total. The maximum atomic E-state index is 12.5. The van der Waals surface area contributed by atoms with Crippen LogP contribution in [0.25, 0.3) is 22.2 Å². The third-order valence-electron chi connectivity index (χ3n) is 3.49. The van der Waals surface area contributed by atoms with Crippen LogP contribution >= 0.6 is 0 Å². The summed E-state index contributed by atoms with van der Waals surface area (Å²) in [5.74, 6) is -0.457. The fraction of sp³-hybridized carbons (Fsp3) is 0.111. The van der Waals surface area contributed by atoms with E-state index < -0.39 is 12.0 Å². The Hall–Kier alpha value is -3.48. The maximum Gasteiger partial charge on any atom is 0.426 e. The number of aromatic nitrogens is 2. The van der Waals surface area contributed by atoms with Crippen LogP contribution in [0.15, 0.2) is 54.9 Å². The van der Waals surface area contributed by atoms with Gasteiger partial charge in [-0.25, -0.2) is 15.2 Å². The predicted molar refractivity (Wildman–Crippen MR) is 92.6 cm³/mol. The van der Waals surface area contributed by atoms with Crippen molar-refractivity contribution in [3.8, 4) is 11.3 Å². The van der Waals surface area contributed by atoms with Gasteiger partial charge in [-0.2, -0.15) is 0 Å². The molecule has 0 saturated carbocycles. The van der Waals surface area contributed by atoms with E-state index in [2.05, 4.69) is 20.8 Å². The zero-order valence-corrected chi connectivity index (χ0v) is 13.5. The molecule has 0 spiro atoms. The highest BCUT2D eigenvalue weighted by Gasteiger charge is 2.14. The molecule has 0 aliphatic heterocycles. The van der Waals surface area contributed by atoms with Gasteiger partial charge >= 0.3 is 6.09 Å². The summed E-state index contributed by atoms with van der Waals surface area (Å²) in [5.41, 5.74) is 7.12. The van der Waals surface area contributed by atoms with Gasteiger partial charge in [-0.15, -0.1) is 0 Å². The van der Waals surface area contributed by atoms with Crippen LogP contribution in [-0.4, -0.2) is 28.6 Å². The van der Waals surface area contributed by atoms with E-state index in [1.165, 1.54) is 0 Å². The lowest BCUT2D eigenvalue weighted by molar-refractivity contribution is 0.0914. The van der Waals surface area contributed by atoms with Crippen LogP contribution in [0, 0.1) is 0 Å². The number of benzene rings is 1. The van der Waals surface area contributed by atoms with Gasteiger partial charge in [0.2, 0.25) is 0 Å². The van der Waals surface area contributed by atoms with Gasteiger partial charge in [0.25, 0.3) is 5.91 Å². The average Bonchev–Trinajstić information content (AvgIpc) is 2.66. The molecule has 1 aromatic carbocycles. The summed E-state index contributed by atoms with van der Waals surface area (Å²) >= 11 is 0. The van der Waals surface area contributed by atoms with Crippen molar-refractivity contribution < 1.29 is 14.3 Å². The molecule has 2 aromatic heterocycles. The molecule has 0 saturated heterocycles. The largest absolute Gasteiger partial charge is 0.449 e. The SMILES string of the molecule is CCOC(=O)NNC(=O)c1cc(-c2ccncc2)nc2ccccc12. The van der Waals surface area contributed by atoms with E-state index in [0.717, 1.165) is 5.56 Å². The second-order valence-electron chi connectivity index (χ2n) is 5.11. The lowest BCUT2D eigenvalue weighted by atomic mass is 10.0. The van der Waals surface area contributed by atoms with Gasteiger partial charge in [-0.3, -0.25) is 15.2 Å². The van der Waals surface area contributed by atoms with Gasteiger partial charge < -0.3 is 4.74 Å². The summed E-state index contributed by atoms with van der Waals surface area (Å²) in [7, 11) is 0. The average molecular weight is 336 g/mol. The minimum Gasteiger partial charge on any atom is -0.449 e. The van der Waals surface area contributed by atoms with Crippen LogP contribution in [0.1, 0.15) is 17.3 Å². The molecular weight excluding hydrogens is 320 g/mol. The predicted octanol–water partition coefficient (Wildman–Crippen LogP) is 2.69. The van der Waals surface area contributed by atoms with Gasteiger partial charge in [0, 0.05) is 23.3 Å². The van der Waals surface area contributed by atoms with E-state index >= 15 is 0 Å². The van der Waals surface area contributed by atoms with Crippen LogP contribution in [0.3, 0.4) is 0 Å². The number of nitrogens with zero attached hydrogens (tertiary/aromatic N) is 2. The van der Waals surface area contributed by atoms with Gasteiger partial charge in [-0.1, -0.05) is 18.2 Å². The number of amides is 2. The maximum absolute atomic E-state index is 12.5. The molecule has 7 heteroatoms. The highest BCUT2D eigenvalue weighted by molar-refractivity contribution is 6.07. The topological polar surface area (TPSA) is 93.2 Å². The van der Waals surface area contributed by atoms with Crippen molar-refractivity contribution in [2.45, 2.75) is 6.92 Å². The molecule has 0 aliphatic rings.